The molecule has 1 amide bonds. The second-order valence-corrected chi connectivity index (χ2v) is 5.05. The van der Waals surface area contributed by atoms with Crippen molar-refractivity contribution < 1.29 is 9.53 Å². The molecule has 0 bridgehead atoms. The van der Waals surface area contributed by atoms with Crippen molar-refractivity contribution in [3.05, 3.63) is 53.9 Å². The zero-order valence-corrected chi connectivity index (χ0v) is 11.8. The number of aromatic nitrogens is 1. The first-order valence-corrected chi connectivity index (χ1v) is 6.91. The van der Waals surface area contributed by atoms with E-state index in [2.05, 4.69) is 22.5 Å². The Hall–Kier alpha value is -2.40. The molecule has 0 radical (unpaired) electrons. The molecule has 2 N–H and O–H groups in total. The molecule has 0 saturated carbocycles. The van der Waals surface area contributed by atoms with E-state index in [9.17, 15) is 4.79 Å². The van der Waals surface area contributed by atoms with Crippen LogP contribution in [-0.2, 0) is 11.3 Å². The van der Waals surface area contributed by atoms with Crippen molar-refractivity contribution in [1.29, 1.82) is 0 Å². The number of pyridine rings is 1. The van der Waals surface area contributed by atoms with Crippen molar-refractivity contribution >= 4 is 11.6 Å². The largest absolute Gasteiger partial charge is 0.482 e. The summed E-state index contributed by atoms with van der Waals surface area (Å²) in [6, 6.07) is 10.1. The van der Waals surface area contributed by atoms with Crippen LogP contribution in [0.3, 0.4) is 0 Å². The minimum absolute atomic E-state index is 0.0870. The fourth-order valence-electron chi connectivity index (χ4n) is 2.28. The van der Waals surface area contributed by atoms with Gasteiger partial charge in [0.05, 0.1) is 5.69 Å². The standard InChI is InChI=1S/C16H17N3O2/c1-11(13-4-6-17-7-5-13)18-9-12-2-3-15-14(8-12)19-16(20)10-21-15/h2-8,11,18H,9-10H2,1H3,(H,19,20). The van der Waals surface area contributed by atoms with Gasteiger partial charge in [0.1, 0.15) is 5.75 Å². The highest BCUT2D eigenvalue weighted by atomic mass is 16.5. The number of fused-ring (bicyclic) bond motifs is 1. The highest BCUT2D eigenvalue weighted by molar-refractivity contribution is 5.95. The van der Waals surface area contributed by atoms with Crippen LogP contribution in [0, 0.1) is 0 Å². The highest BCUT2D eigenvalue weighted by Crippen LogP contribution is 2.28. The van der Waals surface area contributed by atoms with Crippen LogP contribution in [0.2, 0.25) is 0 Å². The minimum atomic E-state index is -0.113. The van der Waals surface area contributed by atoms with E-state index in [-0.39, 0.29) is 18.6 Å². The number of ether oxygens (including phenoxy) is 1. The Morgan fingerprint density at radius 3 is 2.95 bits per heavy atom. The monoisotopic (exact) mass is 283 g/mol. The first-order valence-electron chi connectivity index (χ1n) is 6.91. The van der Waals surface area contributed by atoms with Crippen LogP contribution < -0.4 is 15.4 Å². The second kappa shape index (κ2) is 5.93. The summed E-state index contributed by atoms with van der Waals surface area (Å²) in [5.41, 5.74) is 3.03. The Bertz CT molecular complexity index is 643. The van der Waals surface area contributed by atoms with Crippen LogP contribution in [-0.4, -0.2) is 17.5 Å². The van der Waals surface area contributed by atoms with Crippen molar-refractivity contribution in [2.75, 3.05) is 11.9 Å². The van der Waals surface area contributed by atoms with Crippen molar-refractivity contribution in [3.8, 4) is 5.75 Å². The number of carbonyl (C=O) groups is 1. The number of amides is 1. The van der Waals surface area contributed by atoms with Crippen molar-refractivity contribution in [3.63, 3.8) is 0 Å². The van der Waals surface area contributed by atoms with Crippen LogP contribution in [0.15, 0.2) is 42.7 Å². The summed E-state index contributed by atoms with van der Waals surface area (Å²) in [7, 11) is 0. The maximum absolute atomic E-state index is 11.3. The van der Waals surface area contributed by atoms with Crippen molar-refractivity contribution in [1.82, 2.24) is 10.3 Å². The number of anilines is 1. The molecule has 1 aliphatic heterocycles. The first-order chi connectivity index (χ1) is 10.2. The van der Waals surface area contributed by atoms with Gasteiger partial charge in [-0.1, -0.05) is 6.07 Å². The normalized spacial score (nSPS) is 14.8. The molecule has 0 fully saturated rings. The molecule has 0 aliphatic carbocycles. The molecule has 0 spiro atoms. The van der Waals surface area contributed by atoms with E-state index in [1.807, 2.05) is 30.3 Å². The van der Waals surface area contributed by atoms with Gasteiger partial charge < -0.3 is 15.4 Å². The predicted molar refractivity (Wildman–Crippen MR) is 80.1 cm³/mol. The van der Waals surface area contributed by atoms with E-state index >= 15 is 0 Å². The number of nitrogens with zero attached hydrogens (tertiary/aromatic N) is 1. The van der Waals surface area contributed by atoms with Crippen LogP contribution in [0.1, 0.15) is 24.1 Å². The number of carbonyl (C=O) groups excluding carboxylic acids is 1. The number of benzene rings is 1. The third-order valence-electron chi connectivity index (χ3n) is 3.50. The summed E-state index contributed by atoms with van der Waals surface area (Å²) < 4.78 is 5.35. The zero-order valence-electron chi connectivity index (χ0n) is 11.8. The third kappa shape index (κ3) is 3.20. The average Bonchev–Trinajstić information content (AvgIpc) is 2.53. The SMILES string of the molecule is CC(NCc1ccc2c(c1)NC(=O)CO2)c1ccncc1. The van der Waals surface area contributed by atoms with E-state index in [4.69, 9.17) is 4.74 Å². The Morgan fingerprint density at radius 2 is 2.14 bits per heavy atom. The summed E-state index contributed by atoms with van der Waals surface area (Å²) in [6.45, 7) is 2.91. The lowest BCUT2D eigenvalue weighted by molar-refractivity contribution is -0.118. The highest BCUT2D eigenvalue weighted by Gasteiger charge is 2.16. The number of hydrogen-bond donors (Lipinski definition) is 2. The van der Waals surface area contributed by atoms with E-state index < -0.39 is 0 Å². The lowest BCUT2D eigenvalue weighted by atomic mass is 10.1. The van der Waals surface area contributed by atoms with Crippen molar-refractivity contribution in [2.45, 2.75) is 19.5 Å². The maximum atomic E-state index is 11.3. The fourth-order valence-corrected chi connectivity index (χ4v) is 2.28. The molecule has 108 valence electrons. The molecule has 21 heavy (non-hydrogen) atoms. The lowest BCUT2D eigenvalue weighted by Crippen LogP contribution is -2.25. The summed E-state index contributed by atoms with van der Waals surface area (Å²) in [6.07, 6.45) is 3.58. The van der Waals surface area contributed by atoms with Crippen molar-refractivity contribution in [2.24, 2.45) is 0 Å². The molecule has 5 heteroatoms. The molecule has 1 atom stereocenters. The Kier molecular flexibility index (Phi) is 3.83. The zero-order chi connectivity index (χ0) is 14.7. The molecule has 1 aromatic carbocycles. The van der Waals surface area contributed by atoms with E-state index in [1.165, 1.54) is 5.56 Å². The molecule has 1 unspecified atom stereocenters. The maximum Gasteiger partial charge on any atom is 0.262 e. The van der Waals surface area contributed by atoms with E-state index in [0.717, 1.165) is 17.0 Å². The second-order valence-electron chi connectivity index (χ2n) is 5.05. The number of hydrogen-bond acceptors (Lipinski definition) is 4. The van der Waals surface area contributed by atoms with Gasteiger partial charge in [-0.15, -0.1) is 0 Å². The smallest absolute Gasteiger partial charge is 0.262 e. The molecule has 0 saturated heterocycles. The molecule has 3 rings (SSSR count). The summed E-state index contributed by atoms with van der Waals surface area (Å²) >= 11 is 0. The Morgan fingerprint density at radius 1 is 1.33 bits per heavy atom. The fraction of sp³-hybridized carbons (Fsp3) is 0.250. The lowest BCUT2D eigenvalue weighted by Gasteiger charge is -2.19. The molecule has 1 aromatic heterocycles. The van der Waals surface area contributed by atoms with E-state index in [1.54, 1.807) is 12.4 Å². The quantitative estimate of drug-likeness (QED) is 0.903. The van der Waals surface area contributed by atoms with E-state index in [0.29, 0.717) is 6.54 Å². The van der Waals surface area contributed by atoms with Gasteiger partial charge in [-0.3, -0.25) is 9.78 Å². The Labute approximate surface area is 123 Å². The molecular formula is C16H17N3O2. The number of nitrogens with one attached hydrogen (secondary N) is 2. The predicted octanol–water partition coefficient (Wildman–Crippen LogP) is 2.26. The summed E-state index contributed by atoms with van der Waals surface area (Å²) in [4.78, 5) is 15.4. The molecule has 2 heterocycles. The van der Waals surface area contributed by atoms with Crippen LogP contribution in [0.25, 0.3) is 0 Å². The molecule has 5 nitrogen and oxygen atoms in total. The molecular weight excluding hydrogens is 266 g/mol. The summed E-state index contributed by atoms with van der Waals surface area (Å²) in [5.74, 6) is 0.610. The summed E-state index contributed by atoms with van der Waals surface area (Å²) in [5, 5.41) is 6.27. The van der Waals surface area contributed by atoms with Gasteiger partial charge in [0, 0.05) is 25.0 Å². The van der Waals surface area contributed by atoms with Gasteiger partial charge in [0.15, 0.2) is 6.61 Å². The topological polar surface area (TPSA) is 63.2 Å². The van der Waals surface area contributed by atoms with Gasteiger partial charge >= 0.3 is 0 Å². The Balaban J connectivity index is 1.66. The van der Waals surface area contributed by atoms with Gasteiger partial charge in [0.25, 0.3) is 5.91 Å². The van der Waals surface area contributed by atoms with Gasteiger partial charge in [-0.2, -0.15) is 0 Å². The van der Waals surface area contributed by atoms with Gasteiger partial charge in [-0.05, 0) is 42.3 Å². The molecule has 1 aliphatic rings. The van der Waals surface area contributed by atoms with Gasteiger partial charge in [-0.25, -0.2) is 0 Å². The first kappa shape index (κ1) is 13.6. The third-order valence-corrected chi connectivity index (χ3v) is 3.50. The number of rotatable bonds is 4. The van der Waals surface area contributed by atoms with Crippen LogP contribution >= 0.6 is 0 Å². The van der Waals surface area contributed by atoms with Crippen LogP contribution in [0.5, 0.6) is 5.75 Å². The average molecular weight is 283 g/mol. The van der Waals surface area contributed by atoms with Crippen LogP contribution in [0.4, 0.5) is 5.69 Å². The molecule has 2 aromatic rings. The van der Waals surface area contributed by atoms with Gasteiger partial charge in [0.2, 0.25) is 0 Å². The minimum Gasteiger partial charge on any atom is -0.482 e.